The Kier molecular flexibility index (Phi) is 4.04. The second-order valence-electron chi connectivity index (χ2n) is 5.15. The summed E-state index contributed by atoms with van der Waals surface area (Å²) in [6, 6.07) is 3.59. The Balaban J connectivity index is 1.75. The van der Waals surface area contributed by atoms with Crippen LogP contribution >= 0.6 is 0 Å². The van der Waals surface area contributed by atoms with Crippen LogP contribution in [0.1, 0.15) is 32.1 Å². The maximum Gasteiger partial charge on any atom is 0.234 e. The lowest BCUT2D eigenvalue weighted by atomic mass is 10.0. The van der Waals surface area contributed by atoms with Gasteiger partial charge in [-0.05, 0) is 38.9 Å². The average Bonchev–Trinajstić information content (AvgIpc) is 2.98. The van der Waals surface area contributed by atoms with Gasteiger partial charge in [0.15, 0.2) is 0 Å². The van der Waals surface area contributed by atoms with E-state index in [9.17, 15) is 4.79 Å². The molecule has 5 heteroatoms. The molecule has 1 aromatic rings. The molecular formula is C13H21N3O2. The van der Waals surface area contributed by atoms with E-state index in [0.29, 0.717) is 6.54 Å². The summed E-state index contributed by atoms with van der Waals surface area (Å²) in [4.78, 5) is 11.8. The largest absolute Gasteiger partial charge is 0.467 e. The highest BCUT2D eigenvalue weighted by Gasteiger charge is 2.28. The Morgan fingerprint density at radius 2 is 2.50 bits per heavy atom. The number of furan rings is 1. The molecule has 2 atom stereocenters. The Bertz CT molecular complexity index is 383. The third-order valence-electron chi connectivity index (χ3n) is 3.39. The first-order chi connectivity index (χ1) is 8.59. The van der Waals surface area contributed by atoms with Gasteiger partial charge in [-0.1, -0.05) is 0 Å². The van der Waals surface area contributed by atoms with Crippen LogP contribution in [0.2, 0.25) is 0 Å². The average molecular weight is 251 g/mol. The van der Waals surface area contributed by atoms with Crippen LogP contribution < -0.4 is 16.0 Å². The SMILES string of the molecule is CC(NC(=O)CNC1(C)CCNC1)c1ccco1. The molecule has 1 amide bonds. The number of hydrogen-bond donors (Lipinski definition) is 3. The number of rotatable bonds is 5. The molecular weight excluding hydrogens is 230 g/mol. The monoisotopic (exact) mass is 251 g/mol. The summed E-state index contributed by atoms with van der Waals surface area (Å²) in [6.07, 6.45) is 2.66. The van der Waals surface area contributed by atoms with Crippen molar-refractivity contribution in [3.63, 3.8) is 0 Å². The number of hydrogen-bond acceptors (Lipinski definition) is 4. The van der Waals surface area contributed by atoms with Crippen molar-refractivity contribution in [3.8, 4) is 0 Å². The first-order valence-corrected chi connectivity index (χ1v) is 6.38. The van der Waals surface area contributed by atoms with Crippen molar-refractivity contribution in [2.75, 3.05) is 19.6 Å². The Hall–Kier alpha value is -1.33. The minimum atomic E-state index is -0.0937. The van der Waals surface area contributed by atoms with Crippen LogP contribution in [0.3, 0.4) is 0 Å². The molecule has 2 unspecified atom stereocenters. The van der Waals surface area contributed by atoms with E-state index in [-0.39, 0.29) is 17.5 Å². The summed E-state index contributed by atoms with van der Waals surface area (Å²) >= 11 is 0. The molecule has 0 aromatic carbocycles. The first kappa shape index (κ1) is 13.1. The van der Waals surface area contributed by atoms with E-state index < -0.39 is 0 Å². The summed E-state index contributed by atoms with van der Waals surface area (Å²) in [5, 5.41) is 9.50. The van der Waals surface area contributed by atoms with Gasteiger partial charge in [0.05, 0.1) is 18.8 Å². The minimum absolute atomic E-state index is 0.00738. The molecule has 18 heavy (non-hydrogen) atoms. The molecule has 2 rings (SSSR count). The Labute approximate surface area is 107 Å². The maximum absolute atomic E-state index is 11.8. The molecule has 0 spiro atoms. The molecule has 3 N–H and O–H groups in total. The van der Waals surface area contributed by atoms with E-state index in [0.717, 1.165) is 25.3 Å². The zero-order valence-corrected chi connectivity index (χ0v) is 11.0. The lowest BCUT2D eigenvalue weighted by molar-refractivity contribution is -0.121. The van der Waals surface area contributed by atoms with Crippen LogP contribution in [0.25, 0.3) is 0 Å². The third-order valence-corrected chi connectivity index (χ3v) is 3.39. The quantitative estimate of drug-likeness (QED) is 0.724. The van der Waals surface area contributed by atoms with Crippen molar-refractivity contribution in [1.82, 2.24) is 16.0 Å². The van der Waals surface area contributed by atoms with Crippen LogP contribution in [0.4, 0.5) is 0 Å². The first-order valence-electron chi connectivity index (χ1n) is 6.38. The smallest absolute Gasteiger partial charge is 0.234 e. The molecule has 2 heterocycles. The molecule has 0 radical (unpaired) electrons. The highest BCUT2D eigenvalue weighted by Crippen LogP contribution is 2.13. The van der Waals surface area contributed by atoms with Crippen LogP contribution in [0.5, 0.6) is 0 Å². The predicted octanol–water partition coefficient (Wildman–Crippen LogP) is 0.798. The number of carbonyl (C=O) groups excluding carboxylic acids is 1. The van der Waals surface area contributed by atoms with Crippen LogP contribution in [-0.2, 0) is 4.79 Å². The maximum atomic E-state index is 11.8. The Morgan fingerprint density at radius 1 is 1.67 bits per heavy atom. The van der Waals surface area contributed by atoms with Crippen molar-refractivity contribution in [2.45, 2.75) is 31.8 Å². The minimum Gasteiger partial charge on any atom is -0.467 e. The fraction of sp³-hybridized carbons (Fsp3) is 0.615. The van der Waals surface area contributed by atoms with Gasteiger partial charge in [0.25, 0.3) is 0 Å². The van der Waals surface area contributed by atoms with Gasteiger partial charge in [-0.25, -0.2) is 0 Å². The summed E-state index contributed by atoms with van der Waals surface area (Å²) in [6.45, 7) is 6.30. The second-order valence-corrected chi connectivity index (χ2v) is 5.15. The van der Waals surface area contributed by atoms with Crippen LogP contribution in [0, 0.1) is 0 Å². The van der Waals surface area contributed by atoms with Gasteiger partial charge in [0.2, 0.25) is 5.91 Å². The third kappa shape index (κ3) is 3.34. The zero-order chi connectivity index (χ0) is 13.0. The van der Waals surface area contributed by atoms with E-state index >= 15 is 0 Å². The van der Waals surface area contributed by atoms with Crippen molar-refractivity contribution in [3.05, 3.63) is 24.2 Å². The van der Waals surface area contributed by atoms with E-state index in [4.69, 9.17) is 4.42 Å². The number of carbonyl (C=O) groups is 1. The number of nitrogens with one attached hydrogen (secondary N) is 3. The van der Waals surface area contributed by atoms with Gasteiger partial charge in [-0.3, -0.25) is 4.79 Å². The lowest BCUT2D eigenvalue weighted by Crippen LogP contribution is -2.48. The number of amides is 1. The summed E-state index contributed by atoms with van der Waals surface area (Å²) in [5.74, 6) is 0.768. The van der Waals surface area contributed by atoms with Gasteiger partial charge in [-0.15, -0.1) is 0 Å². The molecule has 5 nitrogen and oxygen atoms in total. The van der Waals surface area contributed by atoms with Gasteiger partial charge >= 0.3 is 0 Å². The second kappa shape index (κ2) is 5.54. The van der Waals surface area contributed by atoms with Crippen molar-refractivity contribution < 1.29 is 9.21 Å². The molecule has 1 aliphatic heterocycles. The van der Waals surface area contributed by atoms with E-state index in [2.05, 4.69) is 22.9 Å². The highest BCUT2D eigenvalue weighted by atomic mass is 16.3. The molecule has 1 aromatic heterocycles. The lowest BCUT2D eigenvalue weighted by Gasteiger charge is -2.24. The standard InChI is InChI=1S/C13H21N3O2/c1-10(11-4-3-7-18-11)16-12(17)8-15-13(2)5-6-14-9-13/h3-4,7,10,14-15H,5-6,8-9H2,1-2H3,(H,16,17). The normalized spacial score (nSPS) is 25.0. The summed E-state index contributed by atoms with van der Waals surface area (Å²) in [7, 11) is 0. The summed E-state index contributed by atoms with van der Waals surface area (Å²) < 4.78 is 5.25. The van der Waals surface area contributed by atoms with Crippen LogP contribution in [0.15, 0.2) is 22.8 Å². The molecule has 1 aliphatic rings. The summed E-state index contributed by atoms with van der Waals surface area (Å²) in [5.41, 5.74) is 0.0330. The molecule has 0 aliphatic carbocycles. The molecule has 1 fully saturated rings. The molecule has 0 saturated carbocycles. The molecule has 100 valence electrons. The fourth-order valence-corrected chi connectivity index (χ4v) is 2.16. The van der Waals surface area contributed by atoms with Crippen molar-refractivity contribution >= 4 is 5.91 Å². The van der Waals surface area contributed by atoms with Gasteiger partial charge < -0.3 is 20.4 Å². The fourth-order valence-electron chi connectivity index (χ4n) is 2.16. The van der Waals surface area contributed by atoms with Crippen LogP contribution in [-0.4, -0.2) is 31.1 Å². The van der Waals surface area contributed by atoms with E-state index in [1.165, 1.54) is 0 Å². The molecule has 1 saturated heterocycles. The highest BCUT2D eigenvalue weighted by molar-refractivity contribution is 5.78. The zero-order valence-electron chi connectivity index (χ0n) is 11.0. The van der Waals surface area contributed by atoms with Crippen molar-refractivity contribution in [2.24, 2.45) is 0 Å². The van der Waals surface area contributed by atoms with Gasteiger partial charge in [-0.2, -0.15) is 0 Å². The van der Waals surface area contributed by atoms with E-state index in [1.54, 1.807) is 6.26 Å². The topological polar surface area (TPSA) is 66.3 Å². The van der Waals surface area contributed by atoms with Gasteiger partial charge in [0.1, 0.15) is 5.76 Å². The van der Waals surface area contributed by atoms with Crippen molar-refractivity contribution in [1.29, 1.82) is 0 Å². The predicted molar refractivity (Wildman–Crippen MR) is 69.2 cm³/mol. The molecule has 0 bridgehead atoms. The van der Waals surface area contributed by atoms with Gasteiger partial charge in [0, 0.05) is 12.1 Å². The van der Waals surface area contributed by atoms with E-state index in [1.807, 2.05) is 19.1 Å². The Morgan fingerprint density at radius 3 is 3.11 bits per heavy atom.